The van der Waals surface area contributed by atoms with Crippen LogP contribution in [0.4, 0.5) is 0 Å². The number of hydrogen-bond donors (Lipinski definition) is 0. The van der Waals surface area contributed by atoms with E-state index in [9.17, 15) is 4.57 Å². The van der Waals surface area contributed by atoms with Crippen molar-refractivity contribution in [1.82, 2.24) is 0 Å². The third-order valence-corrected chi connectivity index (χ3v) is 3.46. The monoisotopic (exact) mass is 214 g/mol. The summed E-state index contributed by atoms with van der Waals surface area (Å²) in [5, 5.41) is 0. The molecule has 1 aliphatic heterocycles. The lowest BCUT2D eigenvalue weighted by molar-refractivity contribution is 0.198. The quantitative estimate of drug-likeness (QED) is 0.709. The van der Waals surface area contributed by atoms with Crippen LogP contribution in [0.1, 0.15) is 11.7 Å². The van der Waals surface area contributed by atoms with Crippen molar-refractivity contribution in [3.05, 3.63) is 35.9 Å². The van der Waals surface area contributed by atoms with Gasteiger partial charge in [-0.2, -0.15) is 0 Å². The van der Waals surface area contributed by atoms with Crippen molar-refractivity contribution in [2.75, 3.05) is 13.7 Å². The van der Waals surface area contributed by atoms with Gasteiger partial charge in [-0.3, -0.25) is 13.6 Å². The molecule has 76 valence electrons. The van der Waals surface area contributed by atoms with Crippen LogP contribution in [0.5, 0.6) is 0 Å². The molecule has 0 radical (unpaired) electrons. The zero-order valence-electron chi connectivity index (χ0n) is 7.75. The molecule has 0 N–H and O–H groups in total. The maximum atomic E-state index is 11.5. The maximum absolute atomic E-state index is 11.5. The van der Waals surface area contributed by atoms with Crippen molar-refractivity contribution in [2.24, 2.45) is 0 Å². The van der Waals surface area contributed by atoms with Gasteiger partial charge >= 0.3 is 7.82 Å². The zero-order valence-corrected chi connectivity index (χ0v) is 8.65. The fourth-order valence-electron chi connectivity index (χ4n) is 1.30. The first kappa shape index (κ1) is 9.87. The van der Waals surface area contributed by atoms with Gasteiger partial charge in [-0.25, -0.2) is 4.57 Å². The summed E-state index contributed by atoms with van der Waals surface area (Å²) in [7, 11) is -1.96. The number of benzene rings is 1. The maximum Gasteiger partial charge on any atom is 0.475 e. The summed E-state index contributed by atoms with van der Waals surface area (Å²) in [6, 6.07) is 9.51. The summed E-state index contributed by atoms with van der Waals surface area (Å²) in [6.07, 6.45) is -0.290. The minimum atomic E-state index is -3.27. The first-order valence-corrected chi connectivity index (χ1v) is 5.73. The second-order valence-electron chi connectivity index (χ2n) is 2.93. The standard InChI is InChI=1S/C9H11O4P/c1-11-14(10)12-7-9(13-14)8-5-3-2-4-6-8/h2-6,9H,7H2,1H3/t9?,14-/m0/s1. The van der Waals surface area contributed by atoms with Gasteiger partial charge in [-0.05, 0) is 5.56 Å². The van der Waals surface area contributed by atoms with E-state index in [1.807, 2.05) is 30.3 Å². The number of rotatable bonds is 2. The topological polar surface area (TPSA) is 44.8 Å². The molecule has 2 rings (SSSR count). The van der Waals surface area contributed by atoms with Gasteiger partial charge < -0.3 is 0 Å². The van der Waals surface area contributed by atoms with Gasteiger partial charge in [0.2, 0.25) is 0 Å². The van der Waals surface area contributed by atoms with Gasteiger partial charge in [0.1, 0.15) is 6.10 Å². The van der Waals surface area contributed by atoms with Gasteiger partial charge in [0.25, 0.3) is 0 Å². The summed E-state index contributed by atoms with van der Waals surface area (Å²) >= 11 is 0. The molecule has 1 unspecified atom stereocenters. The molecule has 5 heteroatoms. The molecule has 1 aliphatic rings. The summed E-state index contributed by atoms with van der Waals surface area (Å²) < 4.78 is 26.3. The van der Waals surface area contributed by atoms with E-state index in [4.69, 9.17) is 9.05 Å². The van der Waals surface area contributed by atoms with Gasteiger partial charge in [0.15, 0.2) is 0 Å². The fourth-order valence-corrected chi connectivity index (χ4v) is 2.36. The molecule has 1 aromatic rings. The van der Waals surface area contributed by atoms with Gasteiger partial charge in [-0.15, -0.1) is 0 Å². The van der Waals surface area contributed by atoms with Crippen LogP contribution in [-0.2, 0) is 18.1 Å². The minimum absolute atomic E-state index is 0.273. The Morgan fingerprint density at radius 3 is 2.71 bits per heavy atom. The lowest BCUT2D eigenvalue weighted by Gasteiger charge is -2.08. The number of phosphoric ester groups is 1. The second-order valence-corrected chi connectivity index (χ2v) is 4.66. The molecule has 0 aromatic heterocycles. The Labute approximate surface area is 82.4 Å². The van der Waals surface area contributed by atoms with Crippen LogP contribution in [0.15, 0.2) is 30.3 Å². The summed E-state index contributed by atoms with van der Waals surface area (Å²) in [5.74, 6) is 0. The highest BCUT2D eigenvalue weighted by molar-refractivity contribution is 7.48. The van der Waals surface area contributed by atoms with Gasteiger partial charge in [0, 0.05) is 7.11 Å². The van der Waals surface area contributed by atoms with Crippen molar-refractivity contribution in [2.45, 2.75) is 6.10 Å². The average molecular weight is 214 g/mol. The molecule has 0 amide bonds. The predicted molar refractivity (Wildman–Crippen MR) is 50.8 cm³/mol. The van der Waals surface area contributed by atoms with E-state index in [1.54, 1.807) is 0 Å². The molecule has 0 bridgehead atoms. The molecular formula is C9H11O4P. The van der Waals surface area contributed by atoms with E-state index in [0.717, 1.165) is 5.56 Å². The molecule has 4 nitrogen and oxygen atoms in total. The number of hydrogen-bond acceptors (Lipinski definition) is 4. The molecule has 14 heavy (non-hydrogen) atoms. The first-order chi connectivity index (χ1) is 6.73. The van der Waals surface area contributed by atoms with Crippen LogP contribution < -0.4 is 0 Å². The Morgan fingerprint density at radius 1 is 1.43 bits per heavy atom. The molecular weight excluding hydrogens is 203 g/mol. The van der Waals surface area contributed by atoms with Crippen molar-refractivity contribution in [1.29, 1.82) is 0 Å². The number of phosphoric acid groups is 1. The Kier molecular flexibility index (Phi) is 2.70. The molecule has 1 fully saturated rings. The van der Waals surface area contributed by atoms with Crippen LogP contribution >= 0.6 is 7.82 Å². The van der Waals surface area contributed by atoms with E-state index in [2.05, 4.69) is 4.52 Å². The Morgan fingerprint density at radius 2 is 2.14 bits per heavy atom. The predicted octanol–water partition coefficient (Wildman–Crippen LogP) is 2.53. The van der Waals surface area contributed by atoms with E-state index in [-0.39, 0.29) is 12.7 Å². The van der Waals surface area contributed by atoms with Crippen molar-refractivity contribution in [3.8, 4) is 0 Å². The third kappa shape index (κ3) is 1.88. The van der Waals surface area contributed by atoms with Crippen LogP contribution in [-0.4, -0.2) is 13.7 Å². The molecule has 0 saturated carbocycles. The second kappa shape index (κ2) is 3.83. The SMILES string of the molecule is CO[P@@]1(=O)OCC(c2ccccc2)O1. The summed E-state index contributed by atoms with van der Waals surface area (Å²) in [6.45, 7) is 0.273. The van der Waals surface area contributed by atoms with Crippen LogP contribution in [0, 0.1) is 0 Å². The van der Waals surface area contributed by atoms with Crippen molar-refractivity contribution in [3.63, 3.8) is 0 Å². The average Bonchev–Trinajstić information content (AvgIpc) is 2.63. The summed E-state index contributed by atoms with van der Waals surface area (Å²) in [4.78, 5) is 0. The van der Waals surface area contributed by atoms with E-state index >= 15 is 0 Å². The fraction of sp³-hybridized carbons (Fsp3) is 0.333. The van der Waals surface area contributed by atoms with Gasteiger partial charge in [0.05, 0.1) is 6.61 Å². The highest BCUT2D eigenvalue weighted by atomic mass is 31.2. The Hall–Kier alpha value is -0.670. The molecule has 1 aromatic carbocycles. The van der Waals surface area contributed by atoms with Crippen LogP contribution in [0.3, 0.4) is 0 Å². The highest BCUT2D eigenvalue weighted by Gasteiger charge is 2.38. The molecule has 1 heterocycles. The molecule has 2 atom stereocenters. The van der Waals surface area contributed by atoms with E-state index in [0.29, 0.717) is 0 Å². The molecule has 0 aliphatic carbocycles. The third-order valence-electron chi connectivity index (χ3n) is 2.04. The largest absolute Gasteiger partial charge is 0.475 e. The van der Waals surface area contributed by atoms with Crippen LogP contribution in [0.25, 0.3) is 0 Å². The zero-order chi connectivity index (χ0) is 10.0. The van der Waals surface area contributed by atoms with E-state index < -0.39 is 7.82 Å². The van der Waals surface area contributed by atoms with Crippen molar-refractivity contribution < 1.29 is 18.1 Å². The highest BCUT2D eigenvalue weighted by Crippen LogP contribution is 2.57. The normalized spacial score (nSPS) is 31.9. The minimum Gasteiger partial charge on any atom is -0.290 e. The molecule has 1 saturated heterocycles. The lowest BCUT2D eigenvalue weighted by Crippen LogP contribution is -1.98. The lowest BCUT2D eigenvalue weighted by atomic mass is 10.1. The first-order valence-electron chi connectivity index (χ1n) is 4.27. The summed E-state index contributed by atoms with van der Waals surface area (Å²) in [5.41, 5.74) is 0.947. The smallest absolute Gasteiger partial charge is 0.290 e. The van der Waals surface area contributed by atoms with Crippen LogP contribution in [0.2, 0.25) is 0 Å². The van der Waals surface area contributed by atoms with Gasteiger partial charge in [-0.1, -0.05) is 30.3 Å². The molecule has 0 spiro atoms. The van der Waals surface area contributed by atoms with Crippen molar-refractivity contribution >= 4 is 7.82 Å². The Balaban J connectivity index is 2.14. The van der Waals surface area contributed by atoms with E-state index in [1.165, 1.54) is 7.11 Å². The Bertz CT molecular complexity index is 351.